The number of ketones is 1. The fraction of sp³-hybridized carbons (Fsp3) is 0.500. The first kappa shape index (κ1) is 14.4. The Morgan fingerprint density at radius 2 is 2.11 bits per heavy atom. The van der Waals surface area contributed by atoms with Crippen LogP contribution in [0.1, 0.15) is 18.4 Å². The lowest BCUT2D eigenvalue weighted by Crippen LogP contribution is -2.44. The van der Waals surface area contributed by atoms with Gasteiger partial charge in [0.15, 0.2) is 0 Å². The molecule has 1 heterocycles. The van der Waals surface area contributed by atoms with Gasteiger partial charge < -0.3 is 10.5 Å². The third-order valence-electron chi connectivity index (χ3n) is 3.81. The molecule has 0 amide bonds. The molecule has 104 valence electrons. The number of benzene rings is 1. The lowest BCUT2D eigenvalue weighted by atomic mass is 9.74. The number of nitrogens with two attached hydrogens (primary N) is 1. The van der Waals surface area contributed by atoms with Crippen molar-refractivity contribution < 1.29 is 13.9 Å². The van der Waals surface area contributed by atoms with Gasteiger partial charge in [-0.15, -0.1) is 0 Å². The normalized spacial score (nSPS) is 18.3. The van der Waals surface area contributed by atoms with Crippen LogP contribution in [0, 0.1) is 11.2 Å². The van der Waals surface area contributed by atoms with Crippen molar-refractivity contribution in [3.63, 3.8) is 0 Å². The maximum absolute atomic E-state index is 13.8. The summed E-state index contributed by atoms with van der Waals surface area (Å²) in [6.07, 6.45) is 1.23. The minimum atomic E-state index is -0.576. The maximum Gasteiger partial charge on any atom is 0.145 e. The molecule has 0 aromatic heterocycles. The molecule has 3 nitrogen and oxygen atoms in total. The van der Waals surface area contributed by atoms with Crippen LogP contribution >= 0.6 is 11.6 Å². The number of halogens is 2. The molecule has 2 rings (SSSR count). The average Bonchev–Trinajstić information content (AvgIpc) is 2.44. The lowest BCUT2D eigenvalue weighted by molar-refractivity contribution is -0.132. The summed E-state index contributed by atoms with van der Waals surface area (Å²) in [5.74, 6) is -0.545. The summed E-state index contributed by atoms with van der Waals surface area (Å²) in [5.41, 5.74) is 5.52. The molecule has 0 saturated carbocycles. The van der Waals surface area contributed by atoms with Crippen molar-refractivity contribution in [1.29, 1.82) is 0 Å². The van der Waals surface area contributed by atoms with Gasteiger partial charge in [0.2, 0.25) is 0 Å². The van der Waals surface area contributed by atoms with E-state index in [1.807, 2.05) is 0 Å². The number of hydrogen-bond donors (Lipinski definition) is 1. The van der Waals surface area contributed by atoms with E-state index in [1.165, 1.54) is 6.07 Å². The second kappa shape index (κ2) is 5.99. The topological polar surface area (TPSA) is 52.3 Å². The Hall–Kier alpha value is -0.970. The van der Waals surface area contributed by atoms with Gasteiger partial charge in [-0.1, -0.05) is 23.7 Å². The van der Waals surface area contributed by atoms with Crippen molar-refractivity contribution >= 4 is 17.4 Å². The summed E-state index contributed by atoms with van der Waals surface area (Å²) in [4.78, 5) is 12.4. The fourth-order valence-corrected chi connectivity index (χ4v) is 2.60. The zero-order valence-electron chi connectivity index (χ0n) is 10.6. The van der Waals surface area contributed by atoms with Gasteiger partial charge in [-0.2, -0.15) is 0 Å². The monoisotopic (exact) mass is 285 g/mol. The number of carbonyl (C=O) groups excluding carboxylic acids is 1. The fourth-order valence-electron chi connectivity index (χ4n) is 2.40. The van der Waals surface area contributed by atoms with Crippen molar-refractivity contribution in [2.24, 2.45) is 11.1 Å². The number of Topliss-reactive ketones (excluding diaryl/α,β-unsaturated/α-hetero) is 1. The van der Waals surface area contributed by atoms with E-state index < -0.39 is 11.2 Å². The summed E-state index contributed by atoms with van der Waals surface area (Å²) < 4.78 is 19.1. The highest BCUT2D eigenvalue weighted by Gasteiger charge is 2.38. The van der Waals surface area contributed by atoms with E-state index in [4.69, 9.17) is 22.1 Å². The highest BCUT2D eigenvalue weighted by Crippen LogP contribution is 2.32. The average molecular weight is 286 g/mol. The molecule has 1 saturated heterocycles. The van der Waals surface area contributed by atoms with Gasteiger partial charge in [0, 0.05) is 31.6 Å². The van der Waals surface area contributed by atoms with Crippen LogP contribution in [0.5, 0.6) is 0 Å². The van der Waals surface area contributed by atoms with Crippen molar-refractivity contribution in [2.75, 3.05) is 19.8 Å². The first-order valence-corrected chi connectivity index (χ1v) is 6.71. The van der Waals surface area contributed by atoms with E-state index in [0.29, 0.717) is 31.6 Å². The Morgan fingerprint density at radius 1 is 1.42 bits per heavy atom. The largest absolute Gasteiger partial charge is 0.381 e. The van der Waals surface area contributed by atoms with Gasteiger partial charge >= 0.3 is 0 Å². The van der Waals surface area contributed by atoms with Gasteiger partial charge in [0.25, 0.3) is 0 Å². The molecule has 0 spiro atoms. The van der Waals surface area contributed by atoms with Gasteiger partial charge in [0.05, 0.1) is 5.02 Å². The molecule has 0 atom stereocenters. The number of rotatable bonds is 4. The standard InChI is InChI=1S/C14H17ClFNO2/c15-11-3-1-2-10(13(11)16)8-12(18)14(9-17)4-6-19-7-5-14/h1-3H,4-9,17H2. The van der Waals surface area contributed by atoms with Gasteiger partial charge in [-0.25, -0.2) is 4.39 Å². The summed E-state index contributed by atoms with van der Waals surface area (Å²) in [6.45, 7) is 1.33. The van der Waals surface area contributed by atoms with E-state index in [-0.39, 0.29) is 23.8 Å². The van der Waals surface area contributed by atoms with Crippen LogP contribution in [-0.2, 0) is 16.0 Å². The molecule has 1 aliphatic heterocycles. The Morgan fingerprint density at radius 3 is 2.74 bits per heavy atom. The summed E-state index contributed by atoms with van der Waals surface area (Å²) >= 11 is 5.72. The van der Waals surface area contributed by atoms with Crippen LogP contribution in [0.2, 0.25) is 5.02 Å². The smallest absolute Gasteiger partial charge is 0.145 e. The number of carbonyl (C=O) groups is 1. The molecule has 5 heteroatoms. The Labute approximate surface area is 116 Å². The van der Waals surface area contributed by atoms with Crippen LogP contribution in [-0.4, -0.2) is 25.5 Å². The van der Waals surface area contributed by atoms with Gasteiger partial charge in [-0.05, 0) is 24.5 Å². The summed E-state index contributed by atoms with van der Waals surface area (Å²) in [5, 5.41) is 0.0408. The van der Waals surface area contributed by atoms with Crippen molar-refractivity contribution in [3.8, 4) is 0 Å². The van der Waals surface area contributed by atoms with Crippen LogP contribution in [0.25, 0.3) is 0 Å². The number of hydrogen-bond acceptors (Lipinski definition) is 3. The molecule has 1 aromatic rings. The molecular formula is C14H17ClFNO2. The lowest BCUT2D eigenvalue weighted by Gasteiger charge is -2.34. The van der Waals surface area contributed by atoms with Gasteiger partial charge in [-0.3, -0.25) is 4.79 Å². The minimum Gasteiger partial charge on any atom is -0.381 e. The molecule has 1 fully saturated rings. The SMILES string of the molecule is NCC1(C(=O)Cc2cccc(Cl)c2F)CCOCC1. The van der Waals surface area contributed by atoms with E-state index in [9.17, 15) is 9.18 Å². The molecular weight excluding hydrogens is 269 g/mol. The maximum atomic E-state index is 13.8. The van der Waals surface area contributed by atoms with Crippen LogP contribution < -0.4 is 5.73 Å². The Kier molecular flexibility index (Phi) is 4.55. The van der Waals surface area contributed by atoms with Crippen molar-refractivity contribution in [2.45, 2.75) is 19.3 Å². The second-order valence-corrected chi connectivity index (χ2v) is 5.32. The highest BCUT2D eigenvalue weighted by molar-refractivity contribution is 6.30. The van der Waals surface area contributed by atoms with Gasteiger partial charge in [0.1, 0.15) is 11.6 Å². The van der Waals surface area contributed by atoms with Crippen LogP contribution in [0.15, 0.2) is 18.2 Å². The van der Waals surface area contributed by atoms with Crippen molar-refractivity contribution in [1.82, 2.24) is 0 Å². The van der Waals surface area contributed by atoms with E-state index in [0.717, 1.165) is 0 Å². The Balaban J connectivity index is 2.17. The number of ether oxygens (including phenoxy) is 1. The second-order valence-electron chi connectivity index (χ2n) is 4.91. The third kappa shape index (κ3) is 2.96. The molecule has 2 N–H and O–H groups in total. The van der Waals surface area contributed by atoms with E-state index in [1.54, 1.807) is 12.1 Å². The zero-order valence-corrected chi connectivity index (χ0v) is 11.4. The predicted octanol–water partition coefficient (Wildman–Crippen LogP) is 2.35. The minimum absolute atomic E-state index is 0.0283. The Bertz CT molecular complexity index is 473. The van der Waals surface area contributed by atoms with E-state index >= 15 is 0 Å². The van der Waals surface area contributed by atoms with Crippen LogP contribution in [0.3, 0.4) is 0 Å². The highest BCUT2D eigenvalue weighted by atomic mass is 35.5. The van der Waals surface area contributed by atoms with Crippen molar-refractivity contribution in [3.05, 3.63) is 34.6 Å². The molecule has 0 aliphatic carbocycles. The predicted molar refractivity (Wildman–Crippen MR) is 71.7 cm³/mol. The first-order chi connectivity index (χ1) is 9.09. The zero-order chi connectivity index (χ0) is 13.9. The molecule has 19 heavy (non-hydrogen) atoms. The molecule has 1 aliphatic rings. The molecule has 0 radical (unpaired) electrons. The molecule has 0 bridgehead atoms. The molecule has 1 aromatic carbocycles. The summed E-state index contributed by atoms with van der Waals surface area (Å²) in [7, 11) is 0. The third-order valence-corrected chi connectivity index (χ3v) is 4.11. The quantitative estimate of drug-likeness (QED) is 0.924. The first-order valence-electron chi connectivity index (χ1n) is 6.33. The summed E-state index contributed by atoms with van der Waals surface area (Å²) in [6, 6.07) is 4.70. The van der Waals surface area contributed by atoms with E-state index in [2.05, 4.69) is 0 Å². The molecule has 0 unspecified atom stereocenters. The van der Waals surface area contributed by atoms with Crippen LogP contribution in [0.4, 0.5) is 4.39 Å².